The maximum atomic E-state index is 11.6. The van der Waals surface area contributed by atoms with Gasteiger partial charge in [0, 0.05) is 18.8 Å². The highest BCUT2D eigenvalue weighted by Gasteiger charge is 2.27. The summed E-state index contributed by atoms with van der Waals surface area (Å²) in [6.45, 7) is 1.99. The summed E-state index contributed by atoms with van der Waals surface area (Å²) in [5, 5.41) is 2.93. The van der Waals surface area contributed by atoms with Crippen molar-refractivity contribution in [2.24, 2.45) is 0 Å². The van der Waals surface area contributed by atoms with Crippen molar-refractivity contribution in [1.82, 2.24) is 4.90 Å². The Hall–Kier alpha value is -2.10. The molecule has 1 aromatic rings. The number of hydrogen-bond donors (Lipinski definition) is 1. The fourth-order valence-corrected chi connectivity index (χ4v) is 1.44. The molecule has 0 atom stereocenters. The number of rotatable bonds is 2. The molecule has 0 aromatic heterocycles. The molecule has 0 saturated heterocycles. The van der Waals surface area contributed by atoms with Crippen LogP contribution in [0.4, 0.5) is 5.69 Å². The average molecular weight is 216 g/mol. The highest BCUT2D eigenvalue weighted by molar-refractivity contribution is 6.17. The van der Waals surface area contributed by atoms with Gasteiger partial charge in [-0.3, -0.25) is 14.5 Å². The number of anilines is 1. The fourth-order valence-electron chi connectivity index (χ4n) is 1.44. The van der Waals surface area contributed by atoms with Gasteiger partial charge in [-0.1, -0.05) is 17.7 Å². The van der Waals surface area contributed by atoms with E-state index in [0.29, 0.717) is 5.70 Å². The number of carbonyl (C=O) groups is 2. The number of imide groups is 1. The Bertz CT molecular complexity index is 474. The third-order valence-electron chi connectivity index (χ3n) is 2.46. The zero-order chi connectivity index (χ0) is 11.7. The normalized spacial score (nSPS) is 15.4. The predicted octanol–water partition coefficient (Wildman–Crippen LogP) is 1.29. The lowest BCUT2D eigenvalue weighted by molar-refractivity contribution is -0.135. The van der Waals surface area contributed by atoms with E-state index in [2.05, 4.69) is 5.32 Å². The van der Waals surface area contributed by atoms with E-state index in [1.165, 1.54) is 13.1 Å². The fraction of sp³-hybridized carbons (Fsp3) is 0.167. The molecule has 1 N–H and O–H groups in total. The maximum absolute atomic E-state index is 11.6. The lowest BCUT2D eigenvalue weighted by atomic mass is 10.2. The lowest BCUT2D eigenvalue weighted by Crippen LogP contribution is -2.27. The minimum absolute atomic E-state index is 0.292. The monoisotopic (exact) mass is 216 g/mol. The first kappa shape index (κ1) is 10.4. The summed E-state index contributed by atoms with van der Waals surface area (Å²) in [5.74, 6) is -0.592. The molecule has 0 radical (unpaired) electrons. The first-order valence-corrected chi connectivity index (χ1v) is 4.95. The molecule has 0 saturated carbocycles. The van der Waals surface area contributed by atoms with Gasteiger partial charge in [0.1, 0.15) is 5.70 Å². The average Bonchev–Trinajstić information content (AvgIpc) is 2.50. The second-order valence-corrected chi connectivity index (χ2v) is 3.75. The highest BCUT2D eigenvalue weighted by atomic mass is 16.2. The molecule has 1 aliphatic rings. The Morgan fingerprint density at radius 1 is 1.12 bits per heavy atom. The van der Waals surface area contributed by atoms with Crippen LogP contribution in [0.5, 0.6) is 0 Å². The van der Waals surface area contributed by atoms with Crippen LogP contribution in [0.25, 0.3) is 0 Å². The molecule has 16 heavy (non-hydrogen) atoms. The van der Waals surface area contributed by atoms with Crippen LogP contribution in [0.3, 0.4) is 0 Å². The number of nitrogens with zero attached hydrogens (tertiary/aromatic N) is 1. The summed E-state index contributed by atoms with van der Waals surface area (Å²) in [5.41, 5.74) is 2.26. The van der Waals surface area contributed by atoms with Gasteiger partial charge < -0.3 is 5.32 Å². The van der Waals surface area contributed by atoms with E-state index in [0.717, 1.165) is 16.2 Å². The van der Waals surface area contributed by atoms with Crippen molar-refractivity contribution >= 4 is 17.5 Å². The van der Waals surface area contributed by atoms with Gasteiger partial charge in [-0.25, -0.2) is 0 Å². The molecule has 1 aliphatic heterocycles. The number of hydrogen-bond acceptors (Lipinski definition) is 3. The van der Waals surface area contributed by atoms with E-state index in [9.17, 15) is 9.59 Å². The summed E-state index contributed by atoms with van der Waals surface area (Å²) >= 11 is 0. The smallest absolute Gasteiger partial charge is 0.277 e. The zero-order valence-corrected chi connectivity index (χ0v) is 9.15. The second kappa shape index (κ2) is 3.81. The Morgan fingerprint density at radius 2 is 1.75 bits per heavy atom. The van der Waals surface area contributed by atoms with E-state index in [1.807, 2.05) is 31.2 Å². The number of amides is 2. The first-order chi connectivity index (χ1) is 7.58. The van der Waals surface area contributed by atoms with Crippen LogP contribution < -0.4 is 5.32 Å². The molecule has 2 rings (SSSR count). The molecule has 0 unspecified atom stereocenters. The van der Waals surface area contributed by atoms with Crippen LogP contribution in [-0.2, 0) is 9.59 Å². The van der Waals surface area contributed by atoms with Crippen molar-refractivity contribution in [1.29, 1.82) is 0 Å². The molecule has 4 heteroatoms. The standard InChI is InChI=1S/C12H12N2O2/c1-8-3-5-9(6-4-8)13-10-7-11(15)14(2)12(10)16/h3-7,13H,1-2H3. The summed E-state index contributed by atoms with van der Waals surface area (Å²) in [4.78, 5) is 23.9. The molecule has 1 heterocycles. The highest BCUT2D eigenvalue weighted by Crippen LogP contribution is 2.16. The molecule has 2 amide bonds. The van der Waals surface area contributed by atoms with Gasteiger partial charge in [-0.05, 0) is 19.1 Å². The molecule has 0 spiro atoms. The number of likely N-dealkylation sites (N-methyl/N-ethyl adjacent to an activating group) is 1. The van der Waals surface area contributed by atoms with Gasteiger partial charge in [0.25, 0.3) is 11.8 Å². The topological polar surface area (TPSA) is 49.4 Å². The minimum Gasteiger partial charge on any atom is -0.351 e. The number of benzene rings is 1. The van der Waals surface area contributed by atoms with Crippen molar-refractivity contribution in [2.75, 3.05) is 12.4 Å². The molecular formula is C12H12N2O2. The van der Waals surface area contributed by atoms with Gasteiger partial charge in [0.2, 0.25) is 0 Å². The molecule has 0 fully saturated rings. The van der Waals surface area contributed by atoms with Crippen LogP contribution in [0.2, 0.25) is 0 Å². The van der Waals surface area contributed by atoms with E-state index in [1.54, 1.807) is 0 Å². The van der Waals surface area contributed by atoms with E-state index in [-0.39, 0.29) is 11.8 Å². The summed E-state index contributed by atoms with van der Waals surface area (Å²) in [7, 11) is 1.46. The van der Waals surface area contributed by atoms with Crippen molar-refractivity contribution < 1.29 is 9.59 Å². The molecule has 82 valence electrons. The van der Waals surface area contributed by atoms with Crippen LogP contribution in [-0.4, -0.2) is 23.8 Å². The van der Waals surface area contributed by atoms with Gasteiger partial charge >= 0.3 is 0 Å². The Balaban J connectivity index is 2.17. The molecule has 1 aromatic carbocycles. The quantitative estimate of drug-likeness (QED) is 0.758. The third kappa shape index (κ3) is 1.82. The van der Waals surface area contributed by atoms with Crippen molar-refractivity contribution in [3.8, 4) is 0 Å². The lowest BCUT2D eigenvalue weighted by Gasteiger charge is -2.08. The summed E-state index contributed by atoms with van der Waals surface area (Å²) in [6, 6.07) is 7.61. The number of nitrogens with one attached hydrogen (secondary N) is 1. The molecule has 0 aliphatic carbocycles. The van der Waals surface area contributed by atoms with Crippen molar-refractivity contribution in [2.45, 2.75) is 6.92 Å². The van der Waals surface area contributed by atoms with E-state index < -0.39 is 0 Å². The van der Waals surface area contributed by atoms with Gasteiger partial charge in [-0.2, -0.15) is 0 Å². The zero-order valence-electron chi connectivity index (χ0n) is 9.15. The SMILES string of the molecule is Cc1ccc(NC2=CC(=O)N(C)C2=O)cc1. The molecule has 0 bridgehead atoms. The van der Waals surface area contributed by atoms with Gasteiger partial charge in [-0.15, -0.1) is 0 Å². The third-order valence-corrected chi connectivity index (χ3v) is 2.46. The minimum atomic E-state index is -0.300. The van der Waals surface area contributed by atoms with Gasteiger partial charge in [0.05, 0.1) is 0 Å². The van der Waals surface area contributed by atoms with Crippen molar-refractivity contribution in [3.05, 3.63) is 41.6 Å². The van der Waals surface area contributed by atoms with Crippen LogP contribution >= 0.6 is 0 Å². The largest absolute Gasteiger partial charge is 0.351 e. The maximum Gasteiger partial charge on any atom is 0.277 e. The van der Waals surface area contributed by atoms with Crippen molar-refractivity contribution in [3.63, 3.8) is 0 Å². The summed E-state index contributed by atoms with van der Waals surface area (Å²) in [6.07, 6.45) is 1.31. The van der Waals surface area contributed by atoms with E-state index >= 15 is 0 Å². The Labute approximate surface area is 93.6 Å². The Kier molecular flexibility index (Phi) is 2.48. The first-order valence-electron chi connectivity index (χ1n) is 4.95. The summed E-state index contributed by atoms with van der Waals surface area (Å²) < 4.78 is 0. The molecular weight excluding hydrogens is 204 g/mol. The number of aryl methyl sites for hydroxylation is 1. The number of carbonyl (C=O) groups excluding carboxylic acids is 2. The molecule has 4 nitrogen and oxygen atoms in total. The predicted molar refractivity (Wildman–Crippen MR) is 60.7 cm³/mol. The Morgan fingerprint density at radius 3 is 2.25 bits per heavy atom. The van der Waals surface area contributed by atoms with Crippen LogP contribution in [0.1, 0.15) is 5.56 Å². The van der Waals surface area contributed by atoms with Crippen LogP contribution in [0.15, 0.2) is 36.0 Å². The second-order valence-electron chi connectivity index (χ2n) is 3.75. The van der Waals surface area contributed by atoms with Gasteiger partial charge in [0.15, 0.2) is 0 Å². The van der Waals surface area contributed by atoms with Crippen LogP contribution in [0, 0.1) is 6.92 Å². The van der Waals surface area contributed by atoms with E-state index in [4.69, 9.17) is 0 Å².